The Balaban J connectivity index is 1.70. The SMILES string of the molecule is CN(Cc1ccccc1C(F)(F)F)C(=O)c1cccc(OCc2cccnc2)c1. The van der Waals surface area contributed by atoms with E-state index in [1.807, 2.05) is 6.07 Å². The highest BCUT2D eigenvalue weighted by Crippen LogP contribution is 2.32. The summed E-state index contributed by atoms with van der Waals surface area (Å²) in [6.07, 6.45) is -1.13. The van der Waals surface area contributed by atoms with Crippen LogP contribution >= 0.6 is 0 Å². The van der Waals surface area contributed by atoms with Crippen LogP contribution in [0.15, 0.2) is 73.1 Å². The van der Waals surface area contributed by atoms with Crippen LogP contribution < -0.4 is 4.74 Å². The summed E-state index contributed by atoms with van der Waals surface area (Å²) in [6, 6.07) is 15.5. The fourth-order valence-corrected chi connectivity index (χ4v) is 2.85. The van der Waals surface area contributed by atoms with Crippen molar-refractivity contribution in [2.75, 3.05) is 7.05 Å². The molecule has 0 spiro atoms. The number of benzene rings is 2. The first kappa shape index (κ1) is 20.4. The first-order chi connectivity index (χ1) is 13.8. The molecule has 4 nitrogen and oxygen atoms in total. The third-order valence-corrected chi connectivity index (χ3v) is 4.29. The number of hydrogen-bond acceptors (Lipinski definition) is 3. The average molecular weight is 400 g/mol. The molecule has 0 aliphatic heterocycles. The van der Waals surface area contributed by atoms with E-state index in [9.17, 15) is 18.0 Å². The quantitative estimate of drug-likeness (QED) is 0.588. The summed E-state index contributed by atoms with van der Waals surface area (Å²) < 4.78 is 45.2. The van der Waals surface area contributed by atoms with E-state index in [1.54, 1.807) is 42.7 Å². The van der Waals surface area contributed by atoms with Crippen molar-refractivity contribution in [1.82, 2.24) is 9.88 Å². The molecule has 0 N–H and O–H groups in total. The Bertz CT molecular complexity index is 975. The van der Waals surface area contributed by atoms with Crippen LogP contribution in [0.2, 0.25) is 0 Å². The van der Waals surface area contributed by atoms with Gasteiger partial charge >= 0.3 is 6.18 Å². The van der Waals surface area contributed by atoms with Gasteiger partial charge in [-0.25, -0.2) is 0 Å². The second-order valence-electron chi connectivity index (χ2n) is 6.49. The number of alkyl halides is 3. The number of rotatable bonds is 6. The molecule has 3 aromatic rings. The van der Waals surface area contributed by atoms with Crippen molar-refractivity contribution in [3.05, 3.63) is 95.3 Å². The largest absolute Gasteiger partial charge is 0.489 e. The molecule has 2 aromatic carbocycles. The first-order valence-electron chi connectivity index (χ1n) is 8.87. The fraction of sp³-hybridized carbons (Fsp3) is 0.182. The number of nitrogens with zero attached hydrogens (tertiary/aromatic N) is 2. The molecule has 7 heteroatoms. The lowest BCUT2D eigenvalue weighted by molar-refractivity contribution is -0.138. The maximum absolute atomic E-state index is 13.2. The summed E-state index contributed by atoms with van der Waals surface area (Å²) in [5, 5.41) is 0. The van der Waals surface area contributed by atoms with Crippen LogP contribution in [-0.2, 0) is 19.3 Å². The number of carbonyl (C=O) groups excluding carboxylic acids is 1. The van der Waals surface area contributed by atoms with Gasteiger partial charge in [-0.15, -0.1) is 0 Å². The van der Waals surface area contributed by atoms with Crippen molar-refractivity contribution in [1.29, 1.82) is 0 Å². The Morgan fingerprint density at radius 1 is 1.07 bits per heavy atom. The monoisotopic (exact) mass is 400 g/mol. The number of ether oxygens (including phenoxy) is 1. The van der Waals surface area contributed by atoms with Crippen LogP contribution in [-0.4, -0.2) is 22.8 Å². The Kier molecular flexibility index (Phi) is 6.16. The van der Waals surface area contributed by atoms with Crippen LogP contribution in [0.3, 0.4) is 0 Å². The number of aromatic nitrogens is 1. The second-order valence-corrected chi connectivity index (χ2v) is 6.49. The third kappa shape index (κ3) is 5.34. The average Bonchev–Trinajstić information content (AvgIpc) is 2.72. The van der Waals surface area contributed by atoms with Crippen LogP contribution in [0.4, 0.5) is 13.2 Å². The molecule has 0 saturated heterocycles. The van der Waals surface area contributed by atoms with Gasteiger partial charge in [-0.3, -0.25) is 9.78 Å². The van der Waals surface area contributed by atoms with Gasteiger partial charge in [-0.2, -0.15) is 13.2 Å². The highest BCUT2D eigenvalue weighted by molar-refractivity contribution is 5.94. The van der Waals surface area contributed by atoms with E-state index in [0.29, 0.717) is 17.9 Å². The van der Waals surface area contributed by atoms with Crippen LogP contribution in [0.1, 0.15) is 27.0 Å². The Morgan fingerprint density at radius 2 is 1.86 bits per heavy atom. The highest BCUT2D eigenvalue weighted by Gasteiger charge is 2.33. The third-order valence-electron chi connectivity index (χ3n) is 4.29. The molecule has 0 aliphatic rings. The minimum Gasteiger partial charge on any atom is -0.489 e. The zero-order chi connectivity index (χ0) is 20.9. The molecular formula is C22H19F3N2O2. The molecule has 0 bridgehead atoms. The predicted octanol–water partition coefficient (Wildman–Crippen LogP) is 4.95. The normalized spacial score (nSPS) is 11.2. The van der Waals surface area contributed by atoms with E-state index < -0.39 is 17.6 Å². The molecule has 29 heavy (non-hydrogen) atoms. The lowest BCUT2D eigenvalue weighted by Crippen LogP contribution is -2.27. The lowest BCUT2D eigenvalue weighted by atomic mass is 10.1. The van der Waals surface area contributed by atoms with Crippen molar-refractivity contribution in [3.63, 3.8) is 0 Å². The van der Waals surface area contributed by atoms with Crippen molar-refractivity contribution < 1.29 is 22.7 Å². The highest BCUT2D eigenvalue weighted by atomic mass is 19.4. The summed E-state index contributed by atoms with van der Waals surface area (Å²) in [7, 11) is 1.47. The minimum absolute atomic E-state index is 0.0415. The Morgan fingerprint density at radius 3 is 2.59 bits per heavy atom. The zero-order valence-electron chi connectivity index (χ0n) is 15.7. The van der Waals surface area contributed by atoms with Gasteiger partial charge in [0.1, 0.15) is 12.4 Å². The molecule has 1 amide bonds. The molecule has 1 aromatic heterocycles. The van der Waals surface area contributed by atoms with Crippen molar-refractivity contribution in [3.8, 4) is 5.75 Å². The van der Waals surface area contributed by atoms with Gasteiger partial charge in [0.15, 0.2) is 0 Å². The summed E-state index contributed by atoms with van der Waals surface area (Å²) in [5.74, 6) is 0.0950. The van der Waals surface area contributed by atoms with Crippen molar-refractivity contribution >= 4 is 5.91 Å². The summed E-state index contributed by atoms with van der Waals surface area (Å²) in [6.45, 7) is 0.134. The maximum Gasteiger partial charge on any atom is 0.416 e. The molecule has 0 radical (unpaired) electrons. The molecule has 0 unspecified atom stereocenters. The molecule has 3 rings (SSSR count). The van der Waals surface area contributed by atoms with Crippen LogP contribution in [0.25, 0.3) is 0 Å². The smallest absolute Gasteiger partial charge is 0.416 e. The van der Waals surface area contributed by atoms with Gasteiger partial charge in [-0.1, -0.05) is 30.3 Å². The van der Waals surface area contributed by atoms with E-state index in [1.165, 1.54) is 30.1 Å². The number of pyridine rings is 1. The van der Waals surface area contributed by atoms with Gasteiger partial charge in [0.25, 0.3) is 5.91 Å². The van der Waals surface area contributed by atoms with Crippen molar-refractivity contribution in [2.45, 2.75) is 19.3 Å². The molecule has 1 heterocycles. The van der Waals surface area contributed by atoms with Gasteiger partial charge in [0.05, 0.1) is 5.56 Å². The predicted molar refractivity (Wildman–Crippen MR) is 102 cm³/mol. The van der Waals surface area contributed by atoms with Crippen molar-refractivity contribution in [2.24, 2.45) is 0 Å². The van der Waals surface area contributed by atoms with Gasteiger partial charge in [0, 0.05) is 37.1 Å². The molecule has 0 saturated carbocycles. The standard InChI is InChI=1S/C22H19F3N2O2/c1-27(14-18-7-2-3-10-20(18)22(23,24)25)21(28)17-8-4-9-19(12-17)29-15-16-6-5-11-26-13-16/h2-13H,14-15H2,1H3. The number of amides is 1. The van der Waals surface area contributed by atoms with Gasteiger partial charge < -0.3 is 9.64 Å². The first-order valence-corrected chi connectivity index (χ1v) is 8.87. The number of halogens is 3. The second kappa shape index (κ2) is 8.77. The molecule has 0 aliphatic carbocycles. The van der Waals surface area contributed by atoms with E-state index in [2.05, 4.69) is 4.98 Å². The summed E-state index contributed by atoms with van der Waals surface area (Å²) in [5.41, 5.74) is 0.513. The van der Waals surface area contributed by atoms with E-state index in [4.69, 9.17) is 4.74 Å². The molecule has 0 atom stereocenters. The molecular weight excluding hydrogens is 381 g/mol. The van der Waals surface area contributed by atoms with Gasteiger partial charge in [0.2, 0.25) is 0 Å². The van der Waals surface area contributed by atoms with Crippen LogP contribution in [0, 0.1) is 0 Å². The molecule has 0 fully saturated rings. The van der Waals surface area contributed by atoms with Gasteiger partial charge in [-0.05, 0) is 35.9 Å². The topological polar surface area (TPSA) is 42.4 Å². The minimum atomic E-state index is -4.47. The summed E-state index contributed by atoms with van der Waals surface area (Å²) >= 11 is 0. The van der Waals surface area contributed by atoms with Crippen LogP contribution in [0.5, 0.6) is 5.75 Å². The maximum atomic E-state index is 13.2. The Hall–Kier alpha value is -3.35. The summed E-state index contributed by atoms with van der Waals surface area (Å²) in [4.78, 5) is 18.0. The van der Waals surface area contributed by atoms with E-state index in [-0.39, 0.29) is 12.1 Å². The molecule has 150 valence electrons. The van der Waals surface area contributed by atoms with E-state index >= 15 is 0 Å². The number of hydrogen-bond donors (Lipinski definition) is 0. The number of carbonyl (C=O) groups is 1. The lowest BCUT2D eigenvalue weighted by Gasteiger charge is -2.20. The Labute approximate surface area is 166 Å². The fourth-order valence-electron chi connectivity index (χ4n) is 2.85. The van der Waals surface area contributed by atoms with E-state index in [0.717, 1.165) is 11.6 Å². The zero-order valence-corrected chi connectivity index (χ0v) is 15.7.